The Hall–Kier alpha value is -2.89. The second kappa shape index (κ2) is 21.8. The molecule has 2 rings (SSSR count). The molecule has 0 unspecified atom stereocenters. The van der Waals surface area contributed by atoms with E-state index in [1.54, 1.807) is 6.08 Å². The molecule has 1 heterocycles. The molecular formula is C34H57F3N6O2. The lowest BCUT2D eigenvalue weighted by atomic mass is 9.98. The first-order valence-corrected chi connectivity index (χ1v) is 16.1. The third-order valence-corrected chi connectivity index (χ3v) is 7.21. The monoisotopic (exact) mass is 638 g/mol. The molecule has 256 valence electrons. The van der Waals surface area contributed by atoms with Crippen molar-refractivity contribution >= 4 is 24.4 Å². The molecule has 0 aromatic heterocycles. The van der Waals surface area contributed by atoms with Gasteiger partial charge in [-0.2, -0.15) is 13.2 Å². The van der Waals surface area contributed by atoms with Crippen LogP contribution in [0.4, 0.5) is 24.5 Å². The van der Waals surface area contributed by atoms with Gasteiger partial charge in [-0.3, -0.25) is 4.99 Å². The standard InChI is InChI=1S/C20H34F3N3O2.C14H23N3/c1-6-7-9-18(17(14-24-4)20(21,22)23)25-10-8-11-26(5)12-13-28-16-19(2,3)15-27;1-3-12-11-13(5-6-14(12)16-4-2)17-9-7-15-8-10-17/h9,14-15,25H,4,6-8,10-13,16H2,1-3,5H3;5-6,11,15-16H,3-4,7-10H2,1-2H3/b17-14+,18-9-;. The van der Waals surface area contributed by atoms with Gasteiger partial charge in [0.25, 0.3) is 0 Å². The lowest BCUT2D eigenvalue weighted by Gasteiger charge is -2.30. The minimum atomic E-state index is -4.49. The van der Waals surface area contributed by atoms with E-state index >= 15 is 0 Å². The van der Waals surface area contributed by atoms with E-state index in [-0.39, 0.29) is 5.70 Å². The van der Waals surface area contributed by atoms with Gasteiger partial charge in [0, 0.05) is 74.5 Å². The van der Waals surface area contributed by atoms with E-state index in [1.807, 2.05) is 32.7 Å². The van der Waals surface area contributed by atoms with Crippen LogP contribution in [0.5, 0.6) is 0 Å². The van der Waals surface area contributed by atoms with E-state index in [9.17, 15) is 18.0 Å². The molecule has 0 amide bonds. The largest absolute Gasteiger partial charge is 0.419 e. The molecule has 0 spiro atoms. The number of rotatable bonds is 19. The van der Waals surface area contributed by atoms with Gasteiger partial charge in [-0.1, -0.05) is 40.2 Å². The second-order valence-electron chi connectivity index (χ2n) is 11.8. The van der Waals surface area contributed by atoms with Gasteiger partial charge in [-0.15, -0.1) is 0 Å². The Bertz CT molecular complexity index is 1050. The number of nitrogens with zero attached hydrogens (tertiary/aromatic N) is 3. The maximum Gasteiger partial charge on any atom is 0.419 e. The van der Waals surface area contributed by atoms with Gasteiger partial charge >= 0.3 is 6.18 Å². The van der Waals surface area contributed by atoms with Crippen molar-refractivity contribution in [1.82, 2.24) is 15.5 Å². The van der Waals surface area contributed by atoms with Crippen molar-refractivity contribution in [2.24, 2.45) is 10.4 Å². The smallest absolute Gasteiger partial charge is 0.385 e. The molecule has 1 aliphatic rings. The van der Waals surface area contributed by atoms with Crippen LogP contribution in [0.3, 0.4) is 0 Å². The maximum absolute atomic E-state index is 13.2. The molecule has 1 aromatic rings. The lowest BCUT2D eigenvalue weighted by molar-refractivity contribution is -0.117. The molecular weight excluding hydrogens is 581 g/mol. The Morgan fingerprint density at radius 1 is 1.18 bits per heavy atom. The van der Waals surface area contributed by atoms with E-state index < -0.39 is 17.2 Å². The zero-order chi connectivity index (χ0) is 33.7. The van der Waals surface area contributed by atoms with Crippen molar-refractivity contribution < 1.29 is 22.7 Å². The van der Waals surface area contributed by atoms with Crippen LogP contribution >= 0.6 is 0 Å². The highest BCUT2D eigenvalue weighted by Gasteiger charge is 2.36. The lowest BCUT2D eigenvalue weighted by Crippen LogP contribution is -2.43. The number of likely N-dealkylation sites (N-methyl/N-ethyl adjacent to an activating group) is 1. The van der Waals surface area contributed by atoms with E-state index in [1.165, 1.54) is 16.9 Å². The Labute approximate surface area is 269 Å². The zero-order valence-electron chi connectivity index (χ0n) is 28.4. The number of unbranched alkanes of at least 4 members (excludes halogenated alkanes) is 1. The molecule has 11 heteroatoms. The number of hydrogen-bond donors (Lipinski definition) is 3. The van der Waals surface area contributed by atoms with Gasteiger partial charge < -0.3 is 35.3 Å². The highest BCUT2D eigenvalue weighted by Crippen LogP contribution is 2.30. The van der Waals surface area contributed by atoms with Crippen molar-refractivity contribution in [3.8, 4) is 0 Å². The van der Waals surface area contributed by atoms with Crippen LogP contribution in [0.1, 0.15) is 59.4 Å². The molecule has 3 N–H and O–H groups in total. The topological polar surface area (TPSA) is 81.2 Å². The number of carbonyl (C=O) groups excluding carboxylic acids is 1. The highest BCUT2D eigenvalue weighted by molar-refractivity contribution is 5.61. The van der Waals surface area contributed by atoms with Crippen LogP contribution in [-0.4, -0.2) is 96.7 Å². The predicted octanol–water partition coefficient (Wildman–Crippen LogP) is 6.06. The Balaban J connectivity index is 0.000000502. The molecule has 0 bridgehead atoms. The highest BCUT2D eigenvalue weighted by atomic mass is 19.4. The number of anilines is 2. The molecule has 0 radical (unpaired) electrons. The molecule has 45 heavy (non-hydrogen) atoms. The number of halogens is 3. The quantitative estimate of drug-likeness (QED) is 0.0736. The molecule has 1 fully saturated rings. The number of piperazine rings is 1. The van der Waals surface area contributed by atoms with Gasteiger partial charge in [0.1, 0.15) is 6.29 Å². The molecule has 8 nitrogen and oxygen atoms in total. The number of ether oxygens (including phenoxy) is 1. The van der Waals surface area contributed by atoms with E-state index in [0.29, 0.717) is 45.7 Å². The average molecular weight is 639 g/mol. The van der Waals surface area contributed by atoms with Gasteiger partial charge in [0.15, 0.2) is 0 Å². The summed E-state index contributed by atoms with van der Waals surface area (Å²) in [6, 6.07) is 6.80. The SMILES string of the molecule is C=N/C=C(\C(=C\CCC)NCCCN(C)CCOCC(C)(C)C=O)C(F)(F)F.CCNc1ccc(N2CCNCC2)cc1CC. The molecule has 0 aliphatic carbocycles. The fraction of sp³-hybridized carbons (Fsp3) is 0.647. The summed E-state index contributed by atoms with van der Waals surface area (Å²) in [5.41, 5.74) is 2.81. The van der Waals surface area contributed by atoms with Gasteiger partial charge in [-0.05, 0) is 70.3 Å². The van der Waals surface area contributed by atoms with Crippen molar-refractivity contribution in [2.75, 3.05) is 82.8 Å². The number of allylic oxidation sites excluding steroid dienone is 2. The first-order chi connectivity index (χ1) is 21.4. The molecule has 1 saturated heterocycles. The summed E-state index contributed by atoms with van der Waals surface area (Å²) >= 11 is 0. The zero-order valence-corrected chi connectivity index (χ0v) is 28.4. The fourth-order valence-electron chi connectivity index (χ4n) is 4.58. The third kappa shape index (κ3) is 16.3. The minimum absolute atomic E-state index is 0.0452. The normalized spacial score (nSPS) is 14.6. The average Bonchev–Trinajstić information content (AvgIpc) is 3.02. The summed E-state index contributed by atoms with van der Waals surface area (Å²) in [7, 11) is 1.92. The van der Waals surface area contributed by atoms with Crippen LogP contribution in [0.25, 0.3) is 0 Å². The second-order valence-corrected chi connectivity index (χ2v) is 11.8. The number of nitrogens with one attached hydrogen (secondary N) is 3. The molecule has 1 aliphatic heterocycles. The minimum Gasteiger partial charge on any atom is -0.385 e. The summed E-state index contributed by atoms with van der Waals surface area (Å²) in [5.74, 6) is 0. The number of aryl methyl sites for hydroxylation is 1. The summed E-state index contributed by atoms with van der Waals surface area (Å²) in [6.07, 6.45) is 1.74. The van der Waals surface area contributed by atoms with Crippen LogP contribution < -0.4 is 20.9 Å². The van der Waals surface area contributed by atoms with Crippen molar-refractivity contribution in [3.63, 3.8) is 0 Å². The number of benzene rings is 1. The molecule has 1 aromatic carbocycles. The number of hydrogen-bond acceptors (Lipinski definition) is 8. The molecule has 0 saturated carbocycles. The number of aliphatic imine (C=N–C) groups is 1. The first-order valence-electron chi connectivity index (χ1n) is 16.1. The number of alkyl halides is 3. The Morgan fingerprint density at radius 2 is 1.89 bits per heavy atom. The van der Waals surface area contributed by atoms with Crippen molar-refractivity contribution in [3.05, 3.63) is 47.3 Å². The Kier molecular flexibility index (Phi) is 19.4. The molecule has 0 atom stereocenters. The van der Waals surface area contributed by atoms with Gasteiger partial charge in [-0.25, -0.2) is 0 Å². The van der Waals surface area contributed by atoms with Crippen LogP contribution in [-0.2, 0) is 16.0 Å². The van der Waals surface area contributed by atoms with E-state index in [0.717, 1.165) is 58.1 Å². The van der Waals surface area contributed by atoms with Crippen molar-refractivity contribution in [1.29, 1.82) is 0 Å². The van der Waals surface area contributed by atoms with Crippen LogP contribution in [0.15, 0.2) is 46.7 Å². The van der Waals surface area contributed by atoms with E-state index in [2.05, 4.69) is 64.6 Å². The van der Waals surface area contributed by atoms with Crippen molar-refractivity contribution in [2.45, 2.75) is 66.5 Å². The first kappa shape index (κ1) is 40.1. The summed E-state index contributed by atoms with van der Waals surface area (Å²) in [6.45, 7) is 21.1. The summed E-state index contributed by atoms with van der Waals surface area (Å²) in [4.78, 5) is 18.6. The summed E-state index contributed by atoms with van der Waals surface area (Å²) in [5, 5.41) is 9.70. The van der Waals surface area contributed by atoms with Crippen LogP contribution in [0, 0.1) is 5.41 Å². The van der Waals surface area contributed by atoms with E-state index in [4.69, 9.17) is 4.74 Å². The summed E-state index contributed by atoms with van der Waals surface area (Å²) < 4.78 is 45.2. The van der Waals surface area contributed by atoms with Gasteiger partial charge in [0.2, 0.25) is 0 Å². The van der Waals surface area contributed by atoms with Gasteiger partial charge in [0.05, 0.1) is 18.8 Å². The maximum atomic E-state index is 13.2. The third-order valence-electron chi connectivity index (χ3n) is 7.21. The van der Waals surface area contributed by atoms with Crippen LogP contribution in [0.2, 0.25) is 0 Å². The number of aldehydes is 1. The fourth-order valence-corrected chi connectivity index (χ4v) is 4.58. The predicted molar refractivity (Wildman–Crippen MR) is 183 cm³/mol. The number of carbonyl (C=O) groups is 1. The Morgan fingerprint density at radius 3 is 2.47 bits per heavy atom.